The third-order valence-electron chi connectivity index (χ3n) is 2.66. The number of ether oxygens (including phenoxy) is 1. The minimum Gasteiger partial charge on any atom is -0.494 e. The van der Waals surface area contributed by atoms with Crippen LogP contribution in [0.25, 0.3) is 11.4 Å². The lowest BCUT2D eigenvalue weighted by Crippen LogP contribution is -2.08. The summed E-state index contributed by atoms with van der Waals surface area (Å²) in [5.41, 5.74) is -1.34. The van der Waals surface area contributed by atoms with Crippen molar-refractivity contribution < 1.29 is 27.8 Å². The van der Waals surface area contributed by atoms with Crippen molar-refractivity contribution in [1.82, 2.24) is 9.97 Å². The molecular formula is C13H9F3N2O3. The molecule has 0 fully saturated rings. The van der Waals surface area contributed by atoms with E-state index in [0.29, 0.717) is 0 Å². The second-order valence-electron chi connectivity index (χ2n) is 3.95. The van der Waals surface area contributed by atoms with E-state index in [4.69, 9.17) is 9.84 Å². The normalized spacial score (nSPS) is 10.7. The van der Waals surface area contributed by atoms with Gasteiger partial charge < -0.3 is 9.84 Å². The Labute approximate surface area is 117 Å². The van der Waals surface area contributed by atoms with Crippen molar-refractivity contribution in [2.24, 2.45) is 0 Å². The number of carboxylic acids is 1. The Morgan fingerprint density at radius 3 is 2.67 bits per heavy atom. The molecule has 1 N–H and O–H groups in total. The van der Waals surface area contributed by atoms with E-state index in [1.165, 1.54) is 19.2 Å². The van der Waals surface area contributed by atoms with Gasteiger partial charge >= 0.3 is 5.97 Å². The van der Waals surface area contributed by atoms with Gasteiger partial charge in [-0.1, -0.05) is 0 Å². The number of nitrogens with zero attached hydrogens (tertiary/aromatic N) is 2. The number of hydrogen-bond donors (Lipinski definition) is 1. The van der Waals surface area contributed by atoms with E-state index in [-0.39, 0.29) is 17.1 Å². The zero-order valence-corrected chi connectivity index (χ0v) is 10.7. The van der Waals surface area contributed by atoms with E-state index in [1.54, 1.807) is 0 Å². The molecule has 0 saturated heterocycles. The van der Waals surface area contributed by atoms with Gasteiger partial charge in [-0.15, -0.1) is 0 Å². The summed E-state index contributed by atoms with van der Waals surface area (Å²) in [5, 5.41) is 8.81. The maximum atomic E-state index is 13.3. The Balaban J connectivity index is 2.55. The summed E-state index contributed by atoms with van der Waals surface area (Å²) in [5.74, 6) is -2.42. The summed E-state index contributed by atoms with van der Waals surface area (Å²) >= 11 is 0. The lowest BCUT2D eigenvalue weighted by molar-refractivity contribution is 0.0681. The van der Waals surface area contributed by atoms with E-state index < -0.39 is 29.5 Å². The van der Waals surface area contributed by atoms with Gasteiger partial charge in [-0.3, -0.25) is 0 Å². The van der Waals surface area contributed by atoms with Crippen molar-refractivity contribution in [3.8, 4) is 17.1 Å². The average Bonchev–Trinajstić information content (AvgIpc) is 2.47. The van der Waals surface area contributed by atoms with Crippen LogP contribution in [0.4, 0.5) is 13.2 Å². The van der Waals surface area contributed by atoms with Gasteiger partial charge in [0, 0.05) is 11.8 Å². The van der Waals surface area contributed by atoms with Crippen molar-refractivity contribution >= 4 is 5.97 Å². The zero-order valence-electron chi connectivity index (χ0n) is 10.7. The summed E-state index contributed by atoms with van der Waals surface area (Å²) in [4.78, 5) is 18.1. The fourth-order valence-electron chi connectivity index (χ4n) is 1.66. The topological polar surface area (TPSA) is 72.3 Å². The first kappa shape index (κ1) is 14.8. The maximum absolute atomic E-state index is 13.3. The average molecular weight is 298 g/mol. The highest BCUT2D eigenvalue weighted by atomic mass is 19.3. The fraction of sp³-hybridized carbons (Fsp3) is 0.154. The van der Waals surface area contributed by atoms with E-state index in [0.717, 1.165) is 12.3 Å². The minimum atomic E-state index is -3.07. The molecule has 0 amide bonds. The van der Waals surface area contributed by atoms with Gasteiger partial charge in [0.1, 0.15) is 11.3 Å². The van der Waals surface area contributed by atoms with Gasteiger partial charge in [0.15, 0.2) is 17.4 Å². The predicted octanol–water partition coefficient (Wildman–Crippen LogP) is 2.93. The van der Waals surface area contributed by atoms with Gasteiger partial charge in [-0.05, 0) is 18.2 Å². The molecule has 0 saturated carbocycles. The molecule has 21 heavy (non-hydrogen) atoms. The molecule has 1 aromatic carbocycles. The number of hydrogen-bond acceptors (Lipinski definition) is 4. The van der Waals surface area contributed by atoms with Crippen LogP contribution in [0, 0.1) is 5.82 Å². The number of methoxy groups -OCH3 is 1. The highest BCUT2D eigenvalue weighted by Crippen LogP contribution is 2.27. The van der Waals surface area contributed by atoms with E-state index in [9.17, 15) is 18.0 Å². The summed E-state index contributed by atoms with van der Waals surface area (Å²) in [6, 6.07) is 3.59. The monoisotopic (exact) mass is 298 g/mol. The van der Waals surface area contributed by atoms with Crippen molar-refractivity contribution in [3.05, 3.63) is 41.5 Å². The first-order chi connectivity index (χ1) is 9.93. The minimum absolute atomic E-state index is 0.1000. The van der Waals surface area contributed by atoms with Crippen LogP contribution in [0.15, 0.2) is 24.4 Å². The Morgan fingerprint density at radius 2 is 2.10 bits per heavy atom. The Morgan fingerprint density at radius 1 is 1.38 bits per heavy atom. The highest BCUT2D eigenvalue weighted by Gasteiger charge is 2.21. The molecule has 0 aliphatic rings. The van der Waals surface area contributed by atoms with Crippen LogP contribution < -0.4 is 4.74 Å². The first-order valence-electron chi connectivity index (χ1n) is 5.66. The molecule has 2 rings (SSSR count). The SMILES string of the molecule is COc1cc(-c2ncc(C(=O)O)c(C(F)F)n2)ccc1F. The fourth-order valence-corrected chi connectivity index (χ4v) is 1.66. The standard InChI is InChI=1S/C13H9F3N2O3/c1-21-9-4-6(2-3-8(9)14)12-17-5-7(13(19)20)10(18-12)11(15)16/h2-5,11H,1H3,(H,19,20). The van der Waals surface area contributed by atoms with Gasteiger partial charge in [0.25, 0.3) is 6.43 Å². The quantitative estimate of drug-likeness (QED) is 0.939. The lowest BCUT2D eigenvalue weighted by Gasteiger charge is -2.08. The molecule has 1 aromatic heterocycles. The molecular weight excluding hydrogens is 289 g/mol. The van der Waals surface area contributed by atoms with E-state index in [2.05, 4.69) is 9.97 Å². The summed E-state index contributed by atoms with van der Waals surface area (Å²) in [7, 11) is 1.25. The second kappa shape index (κ2) is 5.78. The lowest BCUT2D eigenvalue weighted by atomic mass is 10.1. The molecule has 0 aliphatic heterocycles. The molecule has 0 bridgehead atoms. The van der Waals surface area contributed by atoms with Gasteiger partial charge in [0.05, 0.1) is 7.11 Å². The van der Waals surface area contributed by atoms with Crippen molar-refractivity contribution in [3.63, 3.8) is 0 Å². The van der Waals surface area contributed by atoms with Crippen LogP contribution in [0.5, 0.6) is 5.75 Å². The third-order valence-corrected chi connectivity index (χ3v) is 2.66. The Hall–Kier alpha value is -2.64. The molecule has 0 radical (unpaired) electrons. The molecule has 1 heterocycles. The summed E-state index contributed by atoms with van der Waals surface area (Å²) in [6.07, 6.45) is -2.28. The molecule has 0 unspecified atom stereocenters. The van der Waals surface area contributed by atoms with Crippen LogP contribution in [-0.4, -0.2) is 28.2 Å². The van der Waals surface area contributed by atoms with E-state index >= 15 is 0 Å². The van der Waals surface area contributed by atoms with Crippen LogP contribution in [0.3, 0.4) is 0 Å². The molecule has 8 heteroatoms. The van der Waals surface area contributed by atoms with Gasteiger partial charge in [-0.2, -0.15) is 0 Å². The Bertz CT molecular complexity index is 692. The zero-order chi connectivity index (χ0) is 15.6. The number of rotatable bonds is 4. The number of alkyl halides is 2. The van der Waals surface area contributed by atoms with Crippen LogP contribution in [-0.2, 0) is 0 Å². The largest absolute Gasteiger partial charge is 0.494 e. The molecule has 2 aromatic rings. The molecule has 110 valence electrons. The highest BCUT2D eigenvalue weighted by molar-refractivity contribution is 5.88. The third kappa shape index (κ3) is 2.93. The number of aromatic carboxylic acids is 1. The number of carbonyl (C=O) groups is 1. The van der Waals surface area contributed by atoms with Gasteiger partial charge in [0.2, 0.25) is 0 Å². The Kier molecular flexibility index (Phi) is 4.06. The predicted molar refractivity (Wildman–Crippen MR) is 65.9 cm³/mol. The number of halogens is 3. The molecule has 0 aliphatic carbocycles. The van der Waals surface area contributed by atoms with Crippen LogP contribution in [0.1, 0.15) is 22.5 Å². The second-order valence-corrected chi connectivity index (χ2v) is 3.95. The number of carboxylic acid groups (broad SMARTS) is 1. The van der Waals surface area contributed by atoms with Gasteiger partial charge in [-0.25, -0.2) is 27.9 Å². The van der Waals surface area contributed by atoms with Crippen molar-refractivity contribution in [2.75, 3.05) is 7.11 Å². The summed E-state index contributed by atoms with van der Waals surface area (Å²) < 4.78 is 43.8. The maximum Gasteiger partial charge on any atom is 0.339 e. The van der Waals surface area contributed by atoms with Crippen molar-refractivity contribution in [1.29, 1.82) is 0 Å². The molecule has 5 nitrogen and oxygen atoms in total. The molecule has 0 atom stereocenters. The van der Waals surface area contributed by atoms with E-state index in [1.807, 2.05) is 0 Å². The van der Waals surface area contributed by atoms with Crippen LogP contribution >= 0.6 is 0 Å². The number of benzene rings is 1. The van der Waals surface area contributed by atoms with Crippen molar-refractivity contribution in [2.45, 2.75) is 6.43 Å². The van der Waals surface area contributed by atoms with Crippen LogP contribution in [0.2, 0.25) is 0 Å². The molecule has 0 spiro atoms. The smallest absolute Gasteiger partial charge is 0.339 e. The summed E-state index contributed by atoms with van der Waals surface area (Å²) in [6.45, 7) is 0. The first-order valence-corrected chi connectivity index (χ1v) is 5.66. The number of aromatic nitrogens is 2.